The molecule has 1 amide bonds. The van der Waals surface area contributed by atoms with Crippen molar-refractivity contribution >= 4 is 5.91 Å². The van der Waals surface area contributed by atoms with Gasteiger partial charge in [0.25, 0.3) is 0 Å². The molecular formula is C16H33N3O. The zero-order valence-electron chi connectivity index (χ0n) is 13.7. The van der Waals surface area contributed by atoms with E-state index in [1.807, 2.05) is 0 Å². The number of nitrogens with two attached hydrogens (primary N) is 1. The lowest BCUT2D eigenvalue weighted by Gasteiger charge is -2.25. The van der Waals surface area contributed by atoms with E-state index in [9.17, 15) is 4.79 Å². The van der Waals surface area contributed by atoms with Gasteiger partial charge in [-0.25, -0.2) is 0 Å². The summed E-state index contributed by atoms with van der Waals surface area (Å²) in [5.74, 6) is 0.0848. The van der Waals surface area contributed by atoms with E-state index in [1.54, 1.807) is 0 Å². The SMILES string of the molecule is CN(CCNC(=O)CC(N)CC(C)(C)C)C1CCCC1. The van der Waals surface area contributed by atoms with Crippen LogP contribution in [0, 0.1) is 5.41 Å². The summed E-state index contributed by atoms with van der Waals surface area (Å²) in [5.41, 5.74) is 6.20. The van der Waals surface area contributed by atoms with Crippen molar-refractivity contribution in [3.05, 3.63) is 0 Å². The molecule has 1 fully saturated rings. The lowest BCUT2D eigenvalue weighted by atomic mass is 9.87. The molecule has 0 radical (unpaired) electrons. The van der Waals surface area contributed by atoms with E-state index in [1.165, 1.54) is 25.7 Å². The van der Waals surface area contributed by atoms with Crippen molar-refractivity contribution in [3.8, 4) is 0 Å². The first-order valence-corrected chi connectivity index (χ1v) is 8.00. The van der Waals surface area contributed by atoms with Gasteiger partial charge in [0, 0.05) is 31.6 Å². The number of nitrogens with zero attached hydrogens (tertiary/aromatic N) is 1. The van der Waals surface area contributed by atoms with E-state index in [0.717, 1.165) is 25.6 Å². The van der Waals surface area contributed by atoms with Crippen LogP contribution in [-0.2, 0) is 4.79 Å². The van der Waals surface area contributed by atoms with Gasteiger partial charge in [0.2, 0.25) is 5.91 Å². The summed E-state index contributed by atoms with van der Waals surface area (Å²) in [4.78, 5) is 14.2. The standard InChI is InChI=1S/C16H33N3O/c1-16(2,3)12-13(17)11-15(20)18-9-10-19(4)14-7-5-6-8-14/h13-14H,5-12,17H2,1-4H3,(H,18,20). The second-order valence-corrected chi connectivity index (χ2v) is 7.50. The molecule has 3 N–H and O–H groups in total. The molecule has 0 bridgehead atoms. The van der Waals surface area contributed by atoms with Crippen LogP contribution in [0.3, 0.4) is 0 Å². The largest absolute Gasteiger partial charge is 0.355 e. The van der Waals surface area contributed by atoms with Gasteiger partial charge in [-0.1, -0.05) is 33.6 Å². The van der Waals surface area contributed by atoms with Crippen molar-refractivity contribution in [2.45, 2.75) is 71.4 Å². The Morgan fingerprint density at radius 1 is 1.35 bits per heavy atom. The van der Waals surface area contributed by atoms with Crippen molar-refractivity contribution in [1.29, 1.82) is 0 Å². The molecule has 0 aromatic carbocycles. The Balaban J connectivity index is 2.13. The first-order chi connectivity index (χ1) is 9.28. The van der Waals surface area contributed by atoms with Crippen molar-refractivity contribution in [2.75, 3.05) is 20.1 Å². The molecule has 0 aromatic heterocycles. The highest BCUT2D eigenvalue weighted by Gasteiger charge is 2.20. The Bertz CT molecular complexity index is 293. The predicted octanol–water partition coefficient (Wildman–Crippen LogP) is 2.13. The van der Waals surface area contributed by atoms with E-state index in [-0.39, 0.29) is 17.4 Å². The van der Waals surface area contributed by atoms with E-state index in [4.69, 9.17) is 5.73 Å². The maximum Gasteiger partial charge on any atom is 0.221 e. The number of nitrogens with one attached hydrogen (secondary N) is 1. The highest BCUT2D eigenvalue weighted by atomic mass is 16.1. The number of carbonyl (C=O) groups excluding carboxylic acids is 1. The number of rotatable bonds is 7. The molecule has 1 atom stereocenters. The van der Waals surface area contributed by atoms with Crippen molar-refractivity contribution in [2.24, 2.45) is 11.1 Å². The van der Waals surface area contributed by atoms with Gasteiger partial charge in [-0.15, -0.1) is 0 Å². The Kier molecular flexibility index (Phi) is 6.96. The molecule has 1 aliphatic rings. The van der Waals surface area contributed by atoms with Gasteiger partial charge in [0.15, 0.2) is 0 Å². The molecule has 0 aromatic rings. The van der Waals surface area contributed by atoms with Crippen LogP contribution in [0.5, 0.6) is 0 Å². The maximum atomic E-state index is 11.8. The highest BCUT2D eigenvalue weighted by Crippen LogP contribution is 2.22. The first-order valence-electron chi connectivity index (χ1n) is 8.00. The average molecular weight is 283 g/mol. The number of likely N-dealkylation sites (N-methyl/N-ethyl adjacent to an activating group) is 1. The predicted molar refractivity (Wildman–Crippen MR) is 84.6 cm³/mol. The molecule has 0 heterocycles. The molecule has 1 unspecified atom stereocenters. The summed E-state index contributed by atoms with van der Waals surface area (Å²) < 4.78 is 0. The van der Waals surface area contributed by atoms with E-state index >= 15 is 0 Å². The van der Waals surface area contributed by atoms with Crippen LogP contribution >= 0.6 is 0 Å². The Morgan fingerprint density at radius 2 is 1.95 bits per heavy atom. The zero-order valence-corrected chi connectivity index (χ0v) is 13.7. The fourth-order valence-electron chi connectivity index (χ4n) is 3.07. The number of hydrogen-bond acceptors (Lipinski definition) is 3. The summed E-state index contributed by atoms with van der Waals surface area (Å²) in [6, 6.07) is 0.678. The number of amides is 1. The van der Waals surface area contributed by atoms with Gasteiger partial charge in [-0.05, 0) is 31.7 Å². The fourth-order valence-corrected chi connectivity index (χ4v) is 3.07. The van der Waals surface area contributed by atoms with Gasteiger partial charge in [0.1, 0.15) is 0 Å². The van der Waals surface area contributed by atoms with Crippen LogP contribution in [0.15, 0.2) is 0 Å². The molecule has 0 spiro atoms. The molecule has 4 heteroatoms. The molecule has 1 saturated carbocycles. The summed E-state index contributed by atoms with van der Waals surface area (Å²) in [5, 5.41) is 2.99. The molecule has 1 rings (SSSR count). The van der Waals surface area contributed by atoms with Crippen molar-refractivity contribution in [1.82, 2.24) is 10.2 Å². The molecule has 0 aliphatic heterocycles. The third-order valence-electron chi connectivity index (χ3n) is 4.06. The summed E-state index contributed by atoms with van der Waals surface area (Å²) >= 11 is 0. The fraction of sp³-hybridized carbons (Fsp3) is 0.938. The Hall–Kier alpha value is -0.610. The lowest BCUT2D eigenvalue weighted by molar-refractivity contribution is -0.121. The van der Waals surface area contributed by atoms with Crippen LogP contribution in [0.4, 0.5) is 0 Å². The second-order valence-electron chi connectivity index (χ2n) is 7.50. The van der Waals surface area contributed by atoms with Crippen LogP contribution in [0.25, 0.3) is 0 Å². The molecule has 0 saturated heterocycles. The molecule has 4 nitrogen and oxygen atoms in total. The van der Waals surface area contributed by atoms with Gasteiger partial charge < -0.3 is 16.0 Å². The molecule has 1 aliphatic carbocycles. The number of hydrogen-bond donors (Lipinski definition) is 2. The minimum absolute atomic E-state index is 0.0393. The second kappa shape index (κ2) is 7.99. The van der Waals surface area contributed by atoms with Crippen LogP contribution < -0.4 is 11.1 Å². The minimum atomic E-state index is -0.0393. The van der Waals surface area contributed by atoms with Crippen LogP contribution in [0.2, 0.25) is 0 Å². The van der Waals surface area contributed by atoms with E-state index < -0.39 is 0 Å². The maximum absolute atomic E-state index is 11.8. The molecular weight excluding hydrogens is 250 g/mol. The Morgan fingerprint density at radius 3 is 2.50 bits per heavy atom. The smallest absolute Gasteiger partial charge is 0.221 e. The quantitative estimate of drug-likeness (QED) is 0.752. The van der Waals surface area contributed by atoms with E-state index in [2.05, 4.69) is 38.0 Å². The van der Waals surface area contributed by atoms with Crippen molar-refractivity contribution < 1.29 is 4.79 Å². The monoisotopic (exact) mass is 283 g/mol. The summed E-state index contributed by atoms with van der Waals surface area (Å²) in [7, 11) is 2.16. The summed E-state index contributed by atoms with van der Waals surface area (Å²) in [6.07, 6.45) is 6.63. The highest BCUT2D eigenvalue weighted by molar-refractivity contribution is 5.76. The Labute approximate surface area is 124 Å². The minimum Gasteiger partial charge on any atom is -0.355 e. The van der Waals surface area contributed by atoms with Gasteiger partial charge >= 0.3 is 0 Å². The van der Waals surface area contributed by atoms with E-state index in [0.29, 0.717) is 6.42 Å². The molecule has 118 valence electrons. The van der Waals surface area contributed by atoms with Gasteiger partial charge in [0.05, 0.1) is 0 Å². The topological polar surface area (TPSA) is 58.4 Å². The average Bonchev–Trinajstić information content (AvgIpc) is 2.78. The normalized spacial score (nSPS) is 18.5. The third kappa shape index (κ3) is 7.25. The zero-order chi connectivity index (χ0) is 15.2. The lowest BCUT2D eigenvalue weighted by Crippen LogP contribution is -2.39. The summed E-state index contributed by atoms with van der Waals surface area (Å²) in [6.45, 7) is 8.13. The van der Waals surface area contributed by atoms with Gasteiger partial charge in [-0.2, -0.15) is 0 Å². The van der Waals surface area contributed by atoms with Crippen LogP contribution in [-0.4, -0.2) is 43.0 Å². The molecule has 20 heavy (non-hydrogen) atoms. The van der Waals surface area contributed by atoms with Gasteiger partial charge in [-0.3, -0.25) is 4.79 Å². The number of carbonyl (C=O) groups is 1. The first kappa shape index (κ1) is 17.4. The van der Waals surface area contributed by atoms with Crippen molar-refractivity contribution in [3.63, 3.8) is 0 Å². The van der Waals surface area contributed by atoms with Crippen LogP contribution in [0.1, 0.15) is 59.3 Å². The third-order valence-corrected chi connectivity index (χ3v) is 4.06.